The van der Waals surface area contributed by atoms with Gasteiger partial charge in [0.05, 0.1) is 0 Å². The average molecular weight is 314 g/mol. The summed E-state index contributed by atoms with van der Waals surface area (Å²) in [6, 6.07) is 0. The summed E-state index contributed by atoms with van der Waals surface area (Å²) in [4.78, 5) is 8.01. The second-order valence-electron chi connectivity index (χ2n) is 0.0772. The molecule has 0 amide bonds. The van der Waals surface area contributed by atoms with Crippen molar-refractivity contribution in [1.82, 2.24) is 0 Å². The zero-order chi connectivity index (χ0) is 2.71. The van der Waals surface area contributed by atoms with Gasteiger partial charge in [0.15, 0.2) is 0 Å². The first kappa shape index (κ1) is 18.5. The largest absolute Gasteiger partial charge is 0.507 e. The van der Waals surface area contributed by atoms with Crippen LogP contribution in [0.4, 0.5) is 4.39 Å². The van der Waals surface area contributed by atoms with Gasteiger partial charge in [-0.25, -0.2) is 0 Å². The summed E-state index contributed by atoms with van der Waals surface area (Å²) in [6.45, 7) is 0. The van der Waals surface area contributed by atoms with E-state index in [9.17, 15) is 4.39 Å². The van der Waals surface area contributed by atoms with Crippen LogP contribution in [0.5, 0.6) is 0 Å². The summed E-state index contributed by atoms with van der Waals surface area (Å²) in [5.41, 5.74) is 0. The molecule has 0 heterocycles. The van der Waals surface area contributed by atoms with Crippen LogP contribution < -0.4 is 0 Å². The molecule has 0 saturated carbocycles. The monoisotopic (exact) mass is 314 g/mol. The molecule has 0 radical (unpaired) electrons. The van der Waals surface area contributed by atoms with Crippen molar-refractivity contribution in [3.8, 4) is 0 Å². The van der Waals surface area contributed by atoms with Crippen LogP contribution in [0.1, 0.15) is 0 Å². The molecule has 3 heteroatoms. The molecule has 20 valence electrons. The van der Waals surface area contributed by atoms with E-state index < -0.39 is 0 Å². The van der Waals surface area contributed by atoms with Gasteiger partial charge in [-0.15, -0.1) is 0 Å². The van der Waals surface area contributed by atoms with E-state index in [0.29, 0.717) is 0 Å². The van der Waals surface area contributed by atoms with E-state index in [1.165, 1.54) is 0 Å². The van der Waals surface area contributed by atoms with Crippen molar-refractivity contribution in [2.75, 3.05) is 0 Å². The van der Waals surface area contributed by atoms with Gasteiger partial charge < -0.3 is 9.18 Å². The van der Waals surface area contributed by atoms with Crippen LogP contribution in [0.2, 0.25) is 0 Å². The van der Waals surface area contributed by atoms with Gasteiger partial charge in [-0.1, -0.05) is 6.54 Å². The number of halogens is 1. The third-order valence-corrected chi connectivity index (χ3v) is 0. The summed E-state index contributed by atoms with van der Waals surface area (Å²) in [5.74, 6) is 0. The average Bonchev–Trinajstić information content (AvgIpc) is 0.918. The predicted octanol–water partition coefficient (Wildman–Crippen LogP) is 0.0231. The summed E-state index contributed by atoms with van der Waals surface area (Å²) < 4.78 is 9.49. The van der Waals surface area contributed by atoms with Gasteiger partial charge in [-0.3, -0.25) is 0 Å². The van der Waals surface area contributed by atoms with Crippen molar-refractivity contribution in [2.24, 2.45) is 0 Å². The fourth-order valence-corrected chi connectivity index (χ4v) is 0. The van der Waals surface area contributed by atoms with Crippen molar-refractivity contribution in [1.29, 1.82) is 0 Å². The maximum Gasteiger partial charge on any atom is 0 e. The fourth-order valence-electron chi connectivity index (χ4n) is 0. The van der Waals surface area contributed by atoms with Crippen molar-refractivity contribution < 1.29 is 9.18 Å². The molecule has 0 fully saturated rings. The Kier molecular flexibility index (Phi) is 16.6. The maximum absolute atomic E-state index is 9.49. The molecule has 0 aliphatic carbocycles. The Balaban J connectivity index is 0. The third-order valence-electron chi connectivity index (χ3n) is 0. The minimum Gasteiger partial charge on any atom is -0.507 e. The topological polar surface area (TPSA) is 17.1 Å². The van der Waals surface area contributed by atoms with Gasteiger partial charge in [0.25, 0.3) is 0 Å². The molecule has 4 heavy (non-hydrogen) atoms. The smallest absolute Gasteiger partial charge is 0 e. The van der Waals surface area contributed by atoms with Gasteiger partial charge in [0, 0.05) is 0 Å². The first-order valence-electron chi connectivity index (χ1n) is 0.393. The SMILES string of the molecule is O=[C-]F.[Rf]. The Morgan fingerprint density at radius 3 is 1.75 bits per heavy atom. The van der Waals surface area contributed by atoms with Crippen LogP contribution in [0.15, 0.2) is 0 Å². The van der Waals surface area contributed by atoms with E-state index in [4.69, 9.17) is 4.79 Å². The van der Waals surface area contributed by atoms with Gasteiger partial charge in [0.1, 0.15) is 0 Å². The maximum atomic E-state index is 9.49. The third kappa shape index (κ3) is 0.0490. The summed E-state index contributed by atoms with van der Waals surface area (Å²) in [6.07, 6.45) is 0. The molecule has 0 aliphatic rings. The molecule has 1 nitrogen and oxygen atoms in total. The standard InChI is InChI=1S/CFO.Rf/c2-1-3;/q-1;. The van der Waals surface area contributed by atoms with Crippen LogP contribution in [-0.4, -0.2) is 6.54 Å². The molecule has 0 aliphatic heterocycles. The summed E-state index contributed by atoms with van der Waals surface area (Å²) in [5, 5.41) is 0. The quantitative estimate of drug-likeness (QED) is 0.455. The molecule has 0 aromatic heterocycles. The normalized spacial score (nSPS) is 3.25. The number of carbonyl (C=O) groups excluding carboxylic acids is 1. The number of hydrogen-bond acceptors (Lipinski definition) is 1. The Morgan fingerprint density at radius 1 is 1.75 bits per heavy atom. The molecule has 0 atom stereocenters. The number of rotatable bonds is 0. The van der Waals surface area contributed by atoms with Gasteiger partial charge in [-0.2, -0.15) is 0 Å². The van der Waals surface area contributed by atoms with Crippen LogP contribution in [0.3, 0.4) is 0 Å². The molecular weight excluding hydrogens is 314 g/mol. The minimum absolute atomic E-state index is 0. The minimum atomic E-state index is 0. The zero-order valence-corrected chi connectivity index (χ0v) is 8.39. The molecule has 0 aromatic rings. The van der Waals surface area contributed by atoms with Crippen LogP contribution >= 0.6 is 0 Å². The molecule has 0 aromatic carbocycles. The molecule has 0 spiro atoms. The molecule has 0 rings (SSSR count). The van der Waals surface area contributed by atoms with E-state index in [1.54, 1.807) is 0 Å². The molecule has 0 unspecified atom stereocenters. The second-order valence-corrected chi connectivity index (χ2v) is 0.0772. The molecule has 0 bridgehead atoms. The van der Waals surface area contributed by atoms with Crippen LogP contribution in [0.25, 0.3) is 0 Å². The Bertz CT molecular complexity index is 15.5. The van der Waals surface area contributed by atoms with Crippen molar-refractivity contribution in [3.05, 3.63) is 0 Å². The first-order valence-corrected chi connectivity index (χ1v) is 0.393. The predicted molar refractivity (Wildman–Crippen MR) is 6.80 cm³/mol. The fraction of sp³-hybridized carbons (Fsp3) is 0. The van der Waals surface area contributed by atoms with Crippen molar-refractivity contribution in [3.63, 3.8) is 0 Å². The van der Waals surface area contributed by atoms with E-state index in [0.717, 1.165) is 0 Å². The Morgan fingerprint density at radius 2 is 1.75 bits per heavy atom. The molecule has 0 saturated heterocycles. The van der Waals surface area contributed by atoms with Gasteiger partial charge in [0.2, 0.25) is 0 Å². The first-order chi connectivity index (χ1) is 1.41. The number of hydrogen-bond donors (Lipinski definition) is 0. The van der Waals surface area contributed by atoms with Gasteiger partial charge >= 0.3 is 0 Å². The van der Waals surface area contributed by atoms with E-state index >= 15 is 0 Å². The van der Waals surface area contributed by atoms with Crippen molar-refractivity contribution in [2.45, 2.75) is 0 Å². The van der Waals surface area contributed by atoms with E-state index in [2.05, 4.69) is 0 Å². The Hall–Kier alpha value is -1.40. The Labute approximate surface area is 17.1 Å². The van der Waals surface area contributed by atoms with Crippen LogP contribution in [-0.2, 0) is 4.79 Å². The van der Waals surface area contributed by atoms with E-state index in [1.807, 2.05) is 0 Å². The zero-order valence-electron chi connectivity index (χ0n) is 1.99. The summed E-state index contributed by atoms with van der Waals surface area (Å²) >= 11 is 0. The van der Waals surface area contributed by atoms with E-state index in [-0.39, 0.29) is 6.54 Å². The summed E-state index contributed by atoms with van der Waals surface area (Å²) in [7, 11) is 0. The van der Waals surface area contributed by atoms with Crippen molar-refractivity contribution >= 4 is 6.54 Å². The van der Waals surface area contributed by atoms with Crippen LogP contribution in [0, 0.1) is 0 Å². The van der Waals surface area contributed by atoms with Gasteiger partial charge in [-0.05, 0) is 0 Å². The molecular formula is CFORf-. The second kappa shape index (κ2) is 3.60. The molecule has 0 N–H and O–H groups in total.